The molecule has 3 heterocycles. The summed E-state index contributed by atoms with van der Waals surface area (Å²) in [5, 5.41) is 0. The minimum atomic E-state index is -4.42. The van der Waals surface area contributed by atoms with Crippen LogP contribution < -0.4 is 4.90 Å². The third-order valence-corrected chi connectivity index (χ3v) is 4.09. The zero-order valence-corrected chi connectivity index (χ0v) is 12.0. The lowest BCUT2D eigenvalue weighted by molar-refractivity contribution is -0.141. The van der Waals surface area contributed by atoms with Gasteiger partial charge < -0.3 is 9.47 Å². The molecule has 0 bridgehead atoms. The third kappa shape index (κ3) is 2.42. The van der Waals surface area contributed by atoms with Crippen LogP contribution in [0.3, 0.4) is 0 Å². The highest BCUT2D eigenvalue weighted by molar-refractivity contribution is 5.75. The number of pyridine rings is 1. The van der Waals surface area contributed by atoms with Crippen molar-refractivity contribution in [3.05, 3.63) is 54.5 Å². The Morgan fingerprint density at radius 3 is 2.57 bits per heavy atom. The van der Waals surface area contributed by atoms with Gasteiger partial charge in [-0.25, -0.2) is 9.97 Å². The van der Waals surface area contributed by atoms with E-state index in [4.69, 9.17) is 0 Å². The van der Waals surface area contributed by atoms with Crippen molar-refractivity contribution in [3.63, 3.8) is 0 Å². The third-order valence-electron chi connectivity index (χ3n) is 4.09. The van der Waals surface area contributed by atoms with Crippen molar-refractivity contribution >= 4 is 16.9 Å². The van der Waals surface area contributed by atoms with E-state index in [2.05, 4.69) is 14.5 Å². The molecule has 0 aliphatic carbocycles. The van der Waals surface area contributed by atoms with Crippen molar-refractivity contribution in [2.24, 2.45) is 0 Å². The molecule has 0 unspecified atom stereocenters. The second-order valence-electron chi connectivity index (χ2n) is 5.58. The first-order valence-corrected chi connectivity index (χ1v) is 7.23. The van der Waals surface area contributed by atoms with Crippen LogP contribution in [0.4, 0.5) is 19.0 Å². The van der Waals surface area contributed by atoms with Gasteiger partial charge in [0.2, 0.25) is 0 Å². The van der Waals surface area contributed by atoms with E-state index in [1.54, 1.807) is 12.4 Å². The Hall–Kier alpha value is -2.57. The summed E-state index contributed by atoms with van der Waals surface area (Å²) in [5.41, 5.74) is 1.10. The van der Waals surface area contributed by atoms with E-state index in [-0.39, 0.29) is 6.04 Å². The van der Waals surface area contributed by atoms with Gasteiger partial charge in [-0.3, -0.25) is 0 Å². The van der Waals surface area contributed by atoms with Gasteiger partial charge in [0.25, 0.3) is 0 Å². The number of rotatable bonds is 2. The lowest BCUT2D eigenvalue weighted by atomic mass is 10.1. The van der Waals surface area contributed by atoms with Crippen LogP contribution >= 0.6 is 0 Å². The summed E-state index contributed by atoms with van der Waals surface area (Å²) in [6.45, 7) is 1.24. The van der Waals surface area contributed by atoms with Crippen molar-refractivity contribution in [1.29, 1.82) is 0 Å². The number of halogens is 3. The molecule has 118 valence electrons. The first kappa shape index (κ1) is 14.0. The highest BCUT2D eigenvalue weighted by Gasteiger charge is 2.35. The van der Waals surface area contributed by atoms with Gasteiger partial charge in [0.15, 0.2) is 0 Å². The minimum absolute atomic E-state index is 0.193. The number of nitrogens with zero attached hydrogens (tertiary/aromatic N) is 4. The minimum Gasteiger partial charge on any atom is -0.352 e. The summed E-state index contributed by atoms with van der Waals surface area (Å²) in [6, 6.07) is 12.0. The Morgan fingerprint density at radius 2 is 1.78 bits per heavy atom. The lowest BCUT2D eigenvalue weighted by Gasteiger charge is -2.41. The van der Waals surface area contributed by atoms with Gasteiger partial charge in [-0.05, 0) is 24.3 Å². The number of anilines is 1. The summed E-state index contributed by atoms with van der Waals surface area (Å²) in [4.78, 5) is 9.91. The van der Waals surface area contributed by atoms with Crippen molar-refractivity contribution in [2.75, 3.05) is 18.0 Å². The van der Waals surface area contributed by atoms with Crippen molar-refractivity contribution in [1.82, 2.24) is 14.5 Å². The first-order chi connectivity index (χ1) is 11.0. The van der Waals surface area contributed by atoms with E-state index in [9.17, 15) is 13.2 Å². The van der Waals surface area contributed by atoms with Crippen molar-refractivity contribution < 1.29 is 13.2 Å². The fourth-order valence-corrected chi connectivity index (χ4v) is 2.84. The number of alkyl halides is 3. The van der Waals surface area contributed by atoms with Gasteiger partial charge in [0, 0.05) is 13.1 Å². The maximum atomic E-state index is 12.7. The van der Waals surface area contributed by atoms with Crippen LogP contribution in [0.25, 0.3) is 11.0 Å². The molecule has 4 rings (SSSR count). The molecule has 7 heteroatoms. The predicted octanol–water partition coefficient (Wildman–Crippen LogP) is 3.51. The van der Waals surface area contributed by atoms with Crippen molar-refractivity contribution in [3.8, 4) is 0 Å². The van der Waals surface area contributed by atoms with Crippen LogP contribution in [0.1, 0.15) is 11.7 Å². The van der Waals surface area contributed by atoms with Gasteiger partial charge in [-0.15, -0.1) is 0 Å². The van der Waals surface area contributed by atoms with E-state index >= 15 is 0 Å². The summed E-state index contributed by atoms with van der Waals surface area (Å²) in [7, 11) is 0. The van der Waals surface area contributed by atoms with Gasteiger partial charge in [-0.1, -0.05) is 18.2 Å². The van der Waals surface area contributed by atoms with Crippen LogP contribution in [0.5, 0.6) is 0 Å². The molecule has 2 aromatic heterocycles. The second kappa shape index (κ2) is 4.97. The second-order valence-corrected chi connectivity index (χ2v) is 5.58. The van der Waals surface area contributed by atoms with Crippen LogP contribution in [-0.4, -0.2) is 27.6 Å². The summed E-state index contributed by atoms with van der Waals surface area (Å²) < 4.78 is 40.3. The standard InChI is InChI=1S/C16H13F3N4/c17-16(18,19)14-6-3-7-15(21-14)22-8-11(9-22)23-10-20-12-4-1-2-5-13(12)23/h1-7,10-11H,8-9H2. The monoisotopic (exact) mass is 318 g/mol. The molecule has 0 atom stereocenters. The number of hydrogen-bond acceptors (Lipinski definition) is 3. The number of fused-ring (bicyclic) bond motifs is 1. The van der Waals surface area contributed by atoms with Gasteiger partial charge >= 0.3 is 6.18 Å². The smallest absolute Gasteiger partial charge is 0.352 e. The zero-order valence-electron chi connectivity index (χ0n) is 12.0. The summed E-state index contributed by atoms with van der Waals surface area (Å²) in [6.07, 6.45) is -2.63. The molecule has 0 radical (unpaired) electrons. The summed E-state index contributed by atoms with van der Waals surface area (Å²) >= 11 is 0. The molecule has 1 saturated heterocycles. The maximum Gasteiger partial charge on any atom is 0.433 e. The van der Waals surface area contributed by atoms with E-state index in [0.29, 0.717) is 18.9 Å². The molecule has 0 saturated carbocycles. The fraction of sp³-hybridized carbons (Fsp3) is 0.250. The molecular formula is C16H13F3N4. The molecule has 0 N–H and O–H groups in total. The summed E-state index contributed by atoms with van der Waals surface area (Å²) in [5.74, 6) is 0.362. The SMILES string of the molecule is FC(F)(F)c1cccc(N2CC(n3cnc4ccccc43)C2)n1. The number of benzene rings is 1. The molecule has 1 aromatic carbocycles. The number of aromatic nitrogens is 3. The quantitative estimate of drug-likeness (QED) is 0.725. The Bertz CT molecular complexity index is 850. The highest BCUT2D eigenvalue weighted by Crippen LogP contribution is 2.32. The molecule has 1 aliphatic rings. The van der Waals surface area contributed by atoms with E-state index in [1.165, 1.54) is 6.07 Å². The van der Waals surface area contributed by atoms with Crippen LogP contribution in [0, 0.1) is 0 Å². The van der Waals surface area contributed by atoms with E-state index in [0.717, 1.165) is 17.1 Å². The lowest BCUT2D eigenvalue weighted by Crippen LogP contribution is -2.48. The average molecular weight is 318 g/mol. The molecule has 0 spiro atoms. The average Bonchev–Trinajstić information content (AvgIpc) is 2.89. The molecule has 1 aliphatic heterocycles. The molecule has 0 amide bonds. The van der Waals surface area contributed by atoms with Crippen LogP contribution in [-0.2, 0) is 6.18 Å². The molecule has 3 aromatic rings. The molecule has 23 heavy (non-hydrogen) atoms. The highest BCUT2D eigenvalue weighted by atomic mass is 19.4. The maximum absolute atomic E-state index is 12.7. The van der Waals surface area contributed by atoms with Crippen LogP contribution in [0.15, 0.2) is 48.8 Å². The Labute approximate surface area is 130 Å². The fourth-order valence-electron chi connectivity index (χ4n) is 2.84. The number of imidazole rings is 1. The Balaban J connectivity index is 1.54. The Kier molecular flexibility index (Phi) is 3.04. The Morgan fingerprint density at radius 1 is 1.00 bits per heavy atom. The first-order valence-electron chi connectivity index (χ1n) is 7.23. The number of para-hydroxylation sites is 2. The number of hydrogen-bond donors (Lipinski definition) is 0. The largest absolute Gasteiger partial charge is 0.433 e. The molecule has 1 fully saturated rings. The van der Waals surface area contributed by atoms with Gasteiger partial charge in [0.1, 0.15) is 11.5 Å². The molecular weight excluding hydrogens is 305 g/mol. The zero-order chi connectivity index (χ0) is 16.0. The van der Waals surface area contributed by atoms with Gasteiger partial charge in [-0.2, -0.15) is 13.2 Å². The topological polar surface area (TPSA) is 34.0 Å². The molecule has 4 nitrogen and oxygen atoms in total. The van der Waals surface area contributed by atoms with E-state index in [1.807, 2.05) is 29.2 Å². The van der Waals surface area contributed by atoms with E-state index < -0.39 is 11.9 Å². The normalized spacial score (nSPS) is 15.9. The predicted molar refractivity (Wildman–Crippen MR) is 80.2 cm³/mol. The van der Waals surface area contributed by atoms with Gasteiger partial charge in [0.05, 0.1) is 23.4 Å². The van der Waals surface area contributed by atoms with Crippen molar-refractivity contribution in [2.45, 2.75) is 12.2 Å². The van der Waals surface area contributed by atoms with Crippen LogP contribution in [0.2, 0.25) is 0 Å².